The molecule has 1 N–H and O–H groups in total. The number of hydrogen-bond acceptors (Lipinski definition) is 3. The summed E-state index contributed by atoms with van der Waals surface area (Å²) in [5.74, 6) is -1.37. The molecule has 0 radical (unpaired) electrons. The van der Waals surface area contributed by atoms with Gasteiger partial charge in [-0.15, -0.1) is 0 Å². The fourth-order valence-corrected chi connectivity index (χ4v) is 4.24. The molecule has 12 heteroatoms. The Kier molecular flexibility index (Phi) is 6.47. The van der Waals surface area contributed by atoms with E-state index >= 15 is 0 Å². The van der Waals surface area contributed by atoms with E-state index in [-0.39, 0.29) is 26.7 Å². The fraction of sp³-hybridized carbons (Fsp3) is 0.350. The third kappa shape index (κ3) is 4.83. The van der Waals surface area contributed by atoms with Crippen LogP contribution >= 0.6 is 23.2 Å². The summed E-state index contributed by atoms with van der Waals surface area (Å²) in [5, 5.41) is 1.91. The zero-order chi connectivity index (χ0) is 24.1. The van der Waals surface area contributed by atoms with E-state index in [1.165, 1.54) is 32.2 Å². The Morgan fingerprint density at radius 1 is 1.09 bits per heavy atom. The van der Waals surface area contributed by atoms with Crippen LogP contribution in [0.1, 0.15) is 39.5 Å². The van der Waals surface area contributed by atoms with E-state index in [9.17, 15) is 31.1 Å². The van der Waals surface area contributed by atoms with E-state index in [2.05, 4.69) is 0 Å². The van der Waals surface area contributed by atoms with Crippen LogP contribution in [-0.4, -0.2) is 30.5 Å². The maximum absolute atomic E-state index is 14.2. The van der Waals surface area contributed by atoms with Crippen LogP contribution in [0, 0.1) is 6.92 Å². The van der Waals surface area contributed by atoms with Gasteiger partial charge in [0.1, 0.15) is 0 Å². The molecular weight excluding hydrogens is 485 g/mol. The molecule has 1 heterocycles. The zero-order valence-electron chi connectivity index (χ0n) is 16.5. The Hall–Kier alpha value is -2.01. The minimum atomic E-state index is -4.91. The topological polar surface area (TPSA) is 41.6 Å². The Morgan fingerprint density at radius 2 is 1.69 bits per heavy atom. The van der Waals surface area contributed by atoms with Crippen molar-refractivity contribution in [2.24, 2.45) is 0 Å². The average Bonchev–Trinajstić information content (AvgIpc) is 2.98. The summed E-state index contributed by atoms with van der Waals surface area (Å²) in [6.07, 6.45) is -10.3. The Morgan fingerprint density at radius 3 is 2.19 bits per heavy atom. The minimum Gasteiger partial charge on any atom is -0.278 e. The van der Waals surface area contributed by atoms with Crippen molar-refractivity contribution >= 4 is 29.1 Å². The molecule has 2 unspecified atom stereocenters. The number of benzene rings is 2. The molecule has 0 saturated carbocycles. The lowest BCUT2D eigenvalue weighted by Crippen LogP contribution is -2.42. The first kappa shape index (κ1) is 24.6. The van der Waals surface area contributed by atoms with Crippen LogP contribution in [0.25, 0.3) is 0 Å². The highest BCUT2D eigenvalue weighted by molar-refractivity contribution is 6.34. The van der Waals surface area contributed by atoms with E-state index in [0.717, 1.165) is 28.6 Å². The molecule has 2 aromatic rings. The number of nitrogens with one attached hydrogen (secondary N) is 1. The second-order valence-electron chi connectivity index (χ2n) is 7.37. The standard InChI is InChI=1S/C20H16Cl2F6N2O2/c1-10-5-11(3-4-15(10)17(31)29-20(26,27)28)16-9-18(19(23,24)25,32-30(16)2)12-6-13(21)8-14(22)7-12/h3-8,16H,9H2,1-2H3,(H,29,31). The largest absolute Gasteiger partial charge is 0.484 e. The molecule has 174 valence electrons. The molecule has 3 rings (SSSR count). The molecule has 0 aromatic heterocycles. The number of hydrogen-bond donors (Lipinski definition) is 1. The first-order chi connectivity index (χ1) is 14.6. The van der Waals surface area contributed by atoms with Gasteiger partial charge in [0.2, 0.25) is 5.60 Å². The Bertz CT molecular complexity index is 1020. The number of aryl methyl sites for hydroxylation is 1. The predicted molar refractivity (Wildman–Crippen MR) is 105 cm³/mol. The van der Waals surface area contributed by atoms with Gasteiger partial charge in [0.05, 0.1) is 6.04 Å². The van der Waals surface area contributed by atoms with Gasteiger partial charge in [-0.3, -0.25) is 14.9 Å². The van der Waals surface area contributed by atoms with Crippen LogP contribution in [0.2, 0.25) is 10.0 Å². The van der Waals surface area contributed by atoms with Gasteiger partial charge in [-0.1, -0.05) is 35.3 Å². The quantitative estimate of drug-likeness (QED) is 0.396. The molecule has 1 fully saturated rings. The zero-order valence-corrected chi connectivity index (χ0v) is 18.0. The Balaban J connectivity index is 1.98. The second-order valence-corrected chi connectivity index (χ2v) is 8.24. The van der Waals surface area contributed by atoms with Crippen LogP contribution in [0.3, 0.4) is 0 Å². The number of rotatable bonds is 3. The lowest BCUT2D eigenvalue weighted by atomic mass is 9.85. The highest BCUT2D eigenvalue weighted by Crippen LogP contribution is 2.54. The molecule has 4 nitrogen and oxygen atoms in total. The monoisotopic (exact) mass is 500 g/mol. The maximum Gasteiger partial charge on any atom is 0.484 e. The summed E-state index contributed by atoms with van der Waals surface area (Å²) < 4.78 is 80.0. The van der Waals surface area contributed by atoms with E-state index in [1.54, 1.807) is 0 Å². The number of alkyl halides is 6. The van der Waals surface area contributed by atoms with Crippen LogP contribution in [0.5, 0.6) is 0 Å². The maximum atomic E-state index is 14.2. The summed E-state index contributed by atoms with van der Waals surface area (Å²) in [5.41, 5.74) is -2.80. The molecule has 0 bridgehead atoms. The smallest absolute Gasteiger partial charge is 0.278 e. The molecule has 0 aliphatic carbocycles. The van der Waals surface area contributed by atoms with Gasteiger partial charge in [0, 0.05) is 29.1 Å². The first-order valence-electron chi connectivity index (χ1n) is 9.08. The number of halogens is 8. The van der Waals surface area contributed by atoms with Crippen LogP contribution in [0.4, 0.5) is 26.3 Å². The number of nitrogens with zero attached hydrogens (tertiary/aromatic N) is 1. The molecule has 1 aliphatic heterocycles. The molecule has 1 amide bonds. The SMILES string of the molecule is Cc1cc(C2CC(c3cc(Cl)cc(Cl)c3)(C(F)(F)F)ON2C)ccc1C(=O)NC(F)(F)F. The molecule has 32 heavy (non-hydrogen) atoms. The highest BCUT2D eigenvalue weighted by Gasteiger charge is 2.63. The van der Waals surface area contributed by atoms with Crippen molar-refractivity contribution in [3.8, 4) is 0 Å². The molecule has 2 atom stereocenters. The van der Waals surface area contributed by atoms with Crippen molar-refractivity contribution in [3.63, 3.8) is 0 Å². The van der Waals surface area contributed by atoms with E-state index in [0.29, 0.717) is 5.56 Å². The van der Waals surface area contributed by atoms with Crippen molar-refractivity contribution in [3.05, 3.63) is 68.7 Å². The number of carbonyl (C=O) groups excluding carboxylic acids is 1. The first-order valence-corrected chi connectivity index (χ1v) is 9.83. The van der Waals surface area contributed by atoms with E-state index < -0.39 is 36.4 Å². The van der Waals surface area contributed by atoms with E-state index in [4.69, 9.17) is 28.0 Å². The highest BCUT2D eigenvalue weighted by atomic mass is 35.5. The van der Waals surface area contributed by atoms with Crippen LogP contribution in [0.15, 0.2) is 36.4 Å². The molecule has 1 saturated heterocycles. The number of amides is 1. The van der Waals surface area contributed by atoms with Crippen molar-refractivity contribution in [2.45, 2.75) is 37.5 Å². The Labute approximate surface area is 189 Å². The summed E-state index contributed by atoms with van der Waals surface area (Å²) >= 11 is 11.8. The van der Waals surface area contributed by atoms with Gasteiger partial charge in [0.15, 0.2) is 0 Å². The van der Waals surface area contributed by atoms with Crippen molar-refractivity contribution in [1.29, 1.82) is 0 Å². The van der Waals surface area contributed by atoms with Gasteiger partial charge < -0.3 is 0 Å². The normalized spacial score (nSPS) is 22.2. The van der Waals surface area contributed by atoms with Gasteiger partial charge >= 0.3 is 12.5 Å². The fourth-order valence-electron chi connectivity index (χ4n) is 3.71. The van der Waals surface area contributed by atoms with Gasteiger partial charge in [-0.2, -0.15) is 31.4 Å². The summed E-state index contributed by atoms with van der Waals surface area (Å²) in [7, 11) is 1.31. The third-order valence-electron chi connectivity index (χ3n) is 5.14. The molecule has 2 aromatic carbocycles. The summed E-state index contributed by atoms with van der Waals surface area (Å²) in [6, 6.07) is 6.38. The lowest BCUT2D eigenvalue weighted by molar-refractivity contribution is -0.322. The second kappa shape index (κ2) is 8.40. The summed E-state index contributed by atoms with van der Waals surface area (Å²) in [6.45, 7) is 1.39. The lowest BCUT2D eigenvalue weighted by Gasteiger charge is -2.31. The van der Waals surface area contributed by atoms with Gasteiger partial charge in [0.25, 0.3) is 5.91 Å². The summed E-state index contributed by atoms with van der Waals surface area (Å²) in [4.78, 5) is 17.1. The van der Waals surface area contributed by atoms with Crippen LogP contribution in [-0.2, 0) is 10.4 Å². The van der Waals surface area contributed by atoms with Crippen molar-refractivity contribution < 1.29 is 36.0 Å². The minimum absolute atomic E-state index is 0.00158. The number of carbonyl (C=O) groups is 1. The van der Waals surface area contributed by atoms with Gasteiger partial charge in [-0.05, 0) is 47.9 Å². The third-order valence-corrected chi connectivity index (χ3v) is 5.58. The molecule has 1 aliphatic rings. The average molecular weight is 501 g/mol. The van der Waals surface area contributed by atoms with Gasteiger partial charge in [-0.25, -0.2) is 0 Å². The number of hydroxylamine groups is 2. The van der Waals surface area contributed by atoms with E-state index in [1.807, 2.05) is 0 Å². The van der Waals surface area contributed by atoms with Crippen molar-refractivity contribution in [1.82, 2.24) is 10.4 Å². The predicted octanol–water partition coefficient (Wildman–Crippen LogP) is 6.32. The molecule has 0 spiro atoms. The van der Waals surface area contributed by atoms with Crippen molar-refractivity contribution in [2.75, 3.05) is 7.05 Å². The molecular formula is C20H16Cl2F6N2O2. The van der Waals surface area contributed by atoms with Crippen LogP contribution < -0.4 is 5.32 Å².